The van der Waals surface area contributed by atoms with Gasteiger partial charge in [0.1, 0.15) is 12.2 Å². The van der Waals surface area contributed by atoms with Crippen molar-refractivity contribution in [3.63, 3.8) is 0 Å². The summed E-state index contributed by atoms with van der Waals surface area (Å²) in [6.07, 6.45) is -4.21. The Labute approximate surface area is 93.9 Å². The first-order valence-corrected chi connectivity index (χ1v) is 5.08. The number of amides is 1. The molecule has 4 unspecified atom stereocenters. The van der Waals surface area contributed by atoms with Crippen molar-refractivity contribution < 1.29 is 25.2 Å². The van der Waals surface area contributed by atoms with Gasteiger partial charge in [-0.15, -0.1) is 0 Å². The molecule has 0 aliphatic heterocycles. The van der Waals surface area contributed by atoms with E-state index in [1.54, 1.807) is 0 Å². The van der Waals surface area contributed by atoms with Crippen LogP contribution >= 0.6 is 0 Å². The van der Waals surface area contributed by atoms with E-state index in [1.807, 2.05) is 0 Å². The summed E-state index contributed by atoms with van der Waals surface area (Å²) in [4.78, 5) is 11.3. The lowest BCUT2D eigenvalue weighted by Gasteiger charge is -2.26. The summed E-state index contributed by atoms with van der Waals surface area (Å²) in [5.74, 6) is -1.55. The maximum atomic E-state index is 11.3. The SMILES string of the molecule is CC(C(O)C(=O)NCCN)C(O)C(O)CO. The Morgan fingerprint density at radius 1 is 1.38 bits per heavy atom. The lowest BCUT2D eigenvalue weighted by atomic mass is 9.94. The van der Waals surface area contributed by atoms with Crippen LogP contribution in [0.2, 0.25) is 0 Å². The van der Waals surface area contributed by atoms with Crippen molar-refractivity contribution in [2.24, 2.45) is 11.7 Å². The second-order valence-corrected chi connectivity index (χ2v) is 3.62. The maximum absolute atomic E-state index is 11.3. The van der Waals surface area contributed by atoms with Crippen LogP contribution in [0.25, 0.3) is 0 Å². The molecule has 0 bridgehead atoms. The van der Waals surface area contributed by atoms with Gasteiger partial charge in [0, 0.05) is 19.0 Å². The lowest BCUT2D eigenvalue weighted by Crippen LogP contribution is -2.47. The van der Waals surface area contributed by atoms with Crippen LogP contribution in [-0.4, -0.2) is 64.3 Å². The molecule has 0 aromatic heterocycles. The first kappa shape index (κ1) is 15.3. The molecule has 7 heteroatoms. The quantitative estimate of drug-likeness (QED) is 0.275. The van der Waals surface area contributed by atoms with E-state index in [1.165, 1.54) is 6.92 Å². The van der Waals surface area contributed by atoms with Gasteiger partial charge in [-0.2, -0.15) is 0 Å². The highest BCUT2D eigenvalue weighted by atomic mass is 16.4. The minimum absolute atomic E-state index is 0.223. The van der Waals surface area contributed by atoms with Gasteiger partial charge in [0.25, 0.3) is 0 Å². The summed E-state index contributed by atoms with van der Waals surface area (Å²) in [6, 6.07) is 0. The molecule has 0 aromatic carbocycles. The predicted octanol–water partition coefficient (Wildman–Crippen LogP) is -3.23. The van der Waals surface area contributed by atoms with E-state index in [-0.39, 0.29) is 13.1 Å². The molecule has 96 valence electrons. The molecule has 0 saturated carbocycles. The Balaban J connectivity index is 4.25. The van der Waals surface area contributed by atoms with Gasteiger partial charge < -0.3 is 31.5 Å². The average molecular weight is 236 g/mol. The van der Waals surface area contributed by atoms with Gasteiger partial charge in [0.15, 0.2) is 0 Å². The van der Waals surface area contributed by atoms with Crippen LogP contribution < -0.4 is 11.1 Å². The number of carbonyl (C=O) groups excluding carboxylic acids is 1. The van der Waals surface area contributed by atoms with Gasteiger partial charge in [-0.05, 0) is 0 Å². The van der Waals surface area contributed by atoms with E-state index in [0.29, 0.717) is 0 Å². The van der Waals surface area contributed by atoms with E-state index in [2.05, 4.69) is 5.32 Å². The highest BCUT2D eigenvalue weighted by Gasteiger charge is 2.31. The second kappa shape index (κ2) is 7.53. The molecule has 0 fully saturated rings. The summed E-state index contributed by atoms with van der Waals surface area (Å²) in [7, 11) is 0. The van der Waals surface area contributed by atoms with Crippen molar-refractivity contribution in [1.29, 1.82) is 0 Å². The molecule has 7 nitrogen and oxygen atoms in total. The average Bonchev–Trinajstić information content (AvgIpc) is 2.31. The molecule has 0 spiro atoms. The van der Waals surface area contributed by atoms with Crippen LogP contribution in [-0.2, 0) is 4.79 Å². The Kier molecular flexibility index (Phi) is 7.18. The monoisotopic (exact) mass is 236 g/mol. The van der Waals surface area contributed by atoms with Crippen LogP contribution in [0.15, 0.2) is 0 Å². The Hall–Kier alpha value is -0.730. The zero-order chi connectivity index (χ0) is 12.7. The van der Waals surface area contributed by atoms with Crippen molar-refractivity contribution >= 4 is 5.91 Å². The molecule has 4 atom stereocenters. The van der Waals surface area contributed by atoms with Crippen LogP contribution in [0, 0.1) is 5.92 Å². The zero-order valence-corrected chi connectivity index (χ0v) is 9.21. The third-order valence-corrected chi connectivity index (χ3v) is 2.33. The summed E-state index contributed by atoms with van der Waals surface area (Å²) in [6.45, 7) is 1.23. The van der Waals surface area contributed by atoms with Crippen molar-refractivity contribution in [3.05, 3.63) is 0 Å². The Bertz CT molecular complexity index is 214. The molecule has 0 aromatic rings. The molecular formula is C9H20N2O5. The fourth-order valence-electron chi connectivity index (χ4n) is 1.18. The molecule has 0 rings (SSSR count). The Morgan fingerprint density at radius 2 is 1.94 bits per heavy atom. The summed E-state index contributed by atoms with van der Waals surface area (Å²) < 4.78 is 0. The second-order valence-electron chi connectivity index (χ2n) is 3.62. The molecule has 0 aliphatic rings. The number of hydrogen-bond donors (Lipinski definition) is 6. The van der Waals surface area contributed by atoms with Gasteiger partial charge in [-0.3, -0.25) is 4.79 Å². The van der Waals surface area contributed by atoms with E-state index in [0.717, 1.165) is 0 Å². The first-order valence-electron chi connectivity index (χ1n) is 5.08. The van der Waals surface area contributed by atoms with E-state index < -0.39 is 36.7 Å². The fraction of sp³-hybridized carbons (Fsp3) is 0.889. The highest BCUT2D eigenvalue weighted by molar-refractivity contribution is 5.80. The van der Waals surface area contributed by atoms with Crippen molar-refractivity contribution in [1.82, 2.24) is 5.32 Å². The van der Waals surface area contributed by atoms with Crippen LogP contribution in [0.1, 0.15) is 6.92 Å². The van der Waals surface area contributed by atoms with Gasteiger partial charge in [0.05, 0.1) is 12.7 Å². The van der Waals surface area contributed by atoms with Crippen molar-refractivity contribution in [2.75, 3.05) is 19.7 Å². The summed E-state index contributed by atoms with van der Waals surface area (Å²) in [5.41, 5.74) is 5.16. The molecule has 16 heavy (non-hydrogen) atoms. The maximum Gasteiger partial charge on any atom is 0.249 e. The smallest absolute Gasteiger partial charge is 0.249 e. The van der Waals surface area contributed by atoms with Crippen molar-refractivity contribution in [2.45, 2.75) is 25.2 Å². The van der Waals surface area contributed by atoms with Gasteiger partial charge in [-0.1, -0.05) is 6.92 Å². The number of nitrogens with two attached hydrogens (primary N) is 1. The summed E-state index contributed by atoms with van der Waals surface area (Å²) in [5, 5.41) is 39.1. The lowest BCUT2D eigenvalue weighted by molar-refractivity contribution is -0.137. The number of carbonyl (C=O) groups is 1. The topological polar surface area (TPSA) is 136 Å². The molecular weight excluding hydrogens is 216 g/mol. The summed E-state index contributed by atoms with van der Waals surface area (Å²) >= 11 is 0. The number of nitrogens with one attached hydrogen (secondary N) is 1. The number of hydrogen-bond acceptors (Lipinski definition) is 6. The third kappa shape index (κ3) is 4.42. The highest BCUT2D eigenvalue weighted by Crippen LogP contribution is 2.12. The van der Waals surface area contributed by atoms with Gasteiger partial charge in [0.2, 0.25) is 5.91 Å². The Morgan fingerprint density at radius 3 is 2.38 bits per heavy atom. The standard InChI is InChI=1S/C9H20N2O5/c1-5(7(14)6(13)4-12)8(15)9(16)11-3-2-10/h5-8,12-15H,2-4,10H2,1H3,(H,11,16). The largest absolute Gasteiger partial charge is 0.394 e. The number of aliphatic hydroxyl groups excluding tert-OH is 4. The molecule has 0 aliphatic carbocycles. The normalized spacial score (nSPS) is 18.6. The minimum Gasteiger partial charge on any atom is -0.394 e. The number of aliphatic hydroxyl groups is 4. The third-order valence-electron chi connectivity index (χ3n) is 2.33. The van der Waals surface area contributed by atoms with Gasteiger partial charge >= 0.3 is 0 Å². The fourth-order valence-corrected chi connectivity index (χ4v) is 1.18. The van der Waals surface area contributed by atoms with Crippen LogP contribution in [0.3, 0.4) is 0 Å². The van der Waals surface area contributed by atoms with Crippen LogP contribution in [0.4, 0.5) is 0 Å². The molecule has 0 heterocycles. The first-order chi connectivity index (χ1) is 7.45. The molecule has 0 radical (unpaired) electrons. The van der Waals surface area contributed by atoms with Gasteiger partial charge in [-0.25, -0.2) is 0 Å². The molecule has 7 N–H and O–H groups in total. The van der Waals surface area contributed by atoms with Crippen molar-refractivity contribution in [3.8, 4) is 0 Å². The predicted molar refractivity (Wildman–Crippen MR) is 56.3 cm³/mol. The van der Waals surface area contributed by atoms with Crippen LogP contribution in [0.5, 0.6) is 0 Å². The minimum atomic E-state index is -1.46. The zero-order valence-electron chi connectivity index (χ0n) is 9.21. The van der Waals surface area contributed by atoms with E-state index >= 15 is 0 Å². The number of rotatable bonds is 7. The molecule has 0 saturated heterocycles. The van der Waals surface area contributed by atoms with E-state index in [4.69, 9.17) is 15.9 Å². The molecule has 1 amide bonds. The van der Waals surface area contributed by atoms with E-state index in [9.17, 15) is 15.0 Å².